The number of amides is 1. The van der Waals surface area contributed by atoms with Crippen molar-refractivity contribution in [2.45, 2.75) is 6.04 Å². The molecule has 3 nitrogen and oxygen atoms in total. The molecule has 1 N–H and O–H groups in total. The average Bonchev–Trinajstić information content (AvgIpc) is 2.30. The predicted octanol–water partition coefficient (Wildman–Crippen LogP) is 1.30. The molecule has 1 aliphatic heterocycles. The van der Waals surface area contributed by atoms with Gasteiger partial charge in [-0.25, -0.2) is 0 Å². The predicted molar refractivity (Wildman–Crippen MR) is 59.1 cm³/mol. The van der Waals surface area contributed by atoms with Crippen LogP contribution in [0.4, 0.5) is 0 Å². The number of nitrogens with zero attached hydrogens (tertiary/aromatic N) is 1. The molecule has 15 heavy (non-hydrogen) atoms. The van der Waals surface area contributed by atoms with Gasteiger partial charge in [0.1, 0.15) is 0 Å². The number of carbonyl (C=O) groups excluding carboxylic acids is 1. The Balaban J connectivity index is 2.21. The minimum Gasteiger partial charge on any atom is -0.385 e. The Morgan fingerprint density at radius 2 is 2.13 bits per heavy atom. The van der Waals surface area contributed by atoms with Crippen molar-refractivity contribution in [1.82, 2.24) is 10.2 Å². The Hall–Kier alpha value is -1.77. The normalized spacial score (nSPS) is 20.9. The third-order valence-corrected chi connectivity index (χ3v) is 2.64. The monoisotopic (exact) mass is 202 g/mol. The molecule has 0 bridgehead atoms. The summed E-state index contributed by atoms with van der Waals surface area (Å²) in [5, 5.41) is 3.20. The number of nitrogens with one attached hydrogen (secondary N) is 1. The topological polar surface area (TPSA) is 32.3 Å². The smallest absolute Gasteiger partial charge is 0.210 e. The van der Waals surface area contributed by atoms with Crippen LogP contribution >= 0.6 is 0 Å². The molecule has 1 aliphatic rings. The molecule has 1 amide bonds. The number of rotatable bonds is 2. The lowest BCUT2D eigenvalue weighted by Crippen LogP contribution is -2.43. The van der Waals surface area contributed by atoms with E-state index in [0.29, 0.717) is 6.54 Å². The van der Waals surface area contributed by atoms with Gasteiger partial charge in [-0.05, 0) is 5.56 Å². The van der Waals surface area contributed by atoms with Gasteiger partial charge in [-0.15, -0.1) is 0 Å². The summed E-state index contributed by atoms with van der Waals surface area (Å²) in [4.78, 5) is 12.7. The number of benzene rings is 1. The highest BCUT2D eigenvalue weighted by atomic mass is 16.1. The molecule has 0 aromatic heterocycles. The fourth-order valence-corrected chi connectivity index (χ4v) is 1.84. The largest absolute Gasteiger partial charge is 0.385 e. The summed E-state index contributed by atoms with van der Waals surface area (Å²) in [7, 11) is 0. The first-order valence-corrected chi connectivity index (χ1v) is 4.99. The van der Waals surface area contributed by atoms with Crippen LogP contribution in [0.25, 0.3) is 0 Å². The minimum atomic E-state index is 0.120. The van der Waals surface area contributed by atoms with Gasteiger partial charge in [0.2, 0.25) is 6.41 Å². The lowest BCUT2D eigenvalue weighted by molar-refractivity contribution is -0.120. The SMILES string of the molecule is C=C1CN(C=O)[C@@H](c2ccccc2)CN1. The van der Waals surface area contributed by atoms with E-state index in [4.69, 9.17) is 0 Å². The average molecular weight is 202 g/mol. The van der Waals surface area contributed by atoms with Gasteiger partial charge >= 0.3 is 0 Å². The maximum Gasteiger partial charge on any atom is 0.210 e. The van der Waals surface area contributed by atoms with Crippen LogP contribution in [-0.4, -0.2) is 24.4 Å². The molecule has 1 heterocycles. The van der Waals surface area contributed by atoms with Gasteiger partial charge in [-0.2, -0.15) is 0 Å². The lowest BCUT2D eigenvalue weighted by atomic mass is 10.0. The zero-order valence-corrected chi connectivity index (χ0v) is 8.52. The van der Waals surface area contributed by atoms with Gasteiger partial charge in [0.25, 0.3) is 0 Å². The molecule has 3 heteroatoms. The zero-order valence-electron chi connectivity index (χ0n) is 8.52. The quantitative estimate of drug-likeness (QED) is 0.733. The first kappa shape index (κ1) is 9.77. The molecule has 78 valence electrons. The second-order valence-electron chi connectivity index (χ2n) is 3.69. The van der Waals surface area contributed by atoms with Crippen LogP contribution in [0.15, 0.2) is 42.6 Å². The fraction of sp³-hybridized carbons (Fsp3) is 0.250. The summed E-state index contributed by atoms with van der Waals surface area (Å²) in [6, 6.07) is 10.1. The molecule has 0 unspecified atom stereocenters. The van der Waals surface area contributed by atoms with Crippen LogP contribution < -0.4 is 5.32 Å². The summed E-state index contributed by atoms with van der Waals surface area (Å²) in [6.45, 7) is 5.15. The molecule has 0 spiro atoms. The molecular weight excluding hydrogens is 188 g/mol. The highest BCUT2D eigenvalue weighted by Gasteiger charge is 2.23. The Kier molecular flexibility index (Phi) is 2.72. The molecule has 0 aliphatic carbocycles. The number of carbonyl (C=O) groups is 1. The first-order chi connectivity index (χ1) is 7.31. The van der Waals surface area contributed by atoms with Crippen LogP contribution in [0.2, 0.25) is 0 Å². The summed E-state index contributed by atoms with van der Waals surface area (Å²) >= 11 is 0. The highest BCUT2D eigenvalue weighted by molar-refractivity contribution is 5.50. The van der Waals surface area contributed by atoms with Crippen molar-refractivity contribution in [3.63, 3.8) is 0 Å². The van der Waals surface area contributed by atoms with Crippen molar-refractivity contribution in [2.24, 2.45) is 0 Å². The van der Waals surface area contributed by atoms with Crippen molar-refractivity contribution in [3.05, 3.63) is 48.2 Å². The Morgan fingerprint density at radius 1 is 1.40 bits per heavy atom. The molecule has 1 aromatic rings. The Labute approximate surface area is 89.4 Å². The van der Waals surface area contributed by atoms with E-state index in [1.54, 1.807) is 4.90 Å². The third kappa shape index (κ3) is 2.01. The van der Waals surface area contributed by atoms with Crippen LogP contribution in [0.3, 0.4) is 0 Å². The molecule has 0 saturated carbocycles. The van der Waals surface area contributed by atoms with Crippen LogP contribution in [0.5, 0.6) is 0 Å². The van der Waals surface area contributed by atoms with E-state index in [1.165, 1.54) is 0 Å². The molecule has 1 saturated heterocycles. The van der Waals surface area contributed by atoms with Crippen LogP contribution in [0, 0.1) is 0 Å². The van der Waals surface area contributed by atoms with Gasteiger partial charge in [0.15, 0.2) is 0 Å². The maximum absolute atomic E-state index is 10.9. The Bertz CT molecular complexity index is 361. The second kappa shape index (κ2) is 4.17. The summed E-state index contributed by atoms with van der Waals surface area (Å²) in [5.74, 6) is 0. The summed E-state index contributed by atoms with van der Waals surface area (Å²) < 4.78 is 0. The fourth-order valence-electron chi connectivity index (χ4n) is 1.84. The van der Waals surface area contributed by atoms with E-state index < -0.39 is 0 Å². The van der Waals surface area contributed by atoms with Crippen molar-refractivity contribution in [2.75, 3.05) is 13.1 Å². The molecule has 0 radical (unpaired) electrons. The molecular formula is C12H14N2O. The standard InChI is InChI=1S/C12H14N2O/c1-10-8-14(9-15)12(7-13-10)11-5-3-2-4-6-11/h2-6,9,12-13H,1,7-8H2/t12-/m1/s1. The van der Waals surface area contributed by atoms with Crippen molar-refractivity contribution >= 4 is 6.41 Å². The maximum atomic E-state index is 10.9. The molecule has 1 atom stereocenters. The number of hydrogen-bond donors (Lipinski definition) is 1. The van der Waals surface area contributed by atoms with Crippen molar-refractivity contribution < 1.29 is 4.79 Å². The van der Waals surface area contributed by atoms with Crippen LogP contribution in [-0.2, 0) is 4.79 Å². The van der Waals surface area contributed by atoms with Crippen molar-refractivity contribution in [3.8, 4) is 0 Å². The summed E-state index contributed by atoms with van der Waals surface area (Å²) in [6.07, 6.45) is 0.893. The van der Waals surface area contributed by atoms with Gasteiger partial charge in [-0.1, -0.05) is 36.9 Å². The highest BCUT2D eigenvalue weighted by Crippen LogP contribution is 2.22. The van der Waals surface area contributed by atoms with E-state index in [-0.39, 0.29) is 6.04 Å². The van der Waals surface area contributed by atoms with Crippen LogP contribution in [0.1, 0.15) is 11.6 Å². The molecule has 1 fully saturated rings. The lowest BCUT2D eigenvalue weighted by Gasteiger charge is -2.35. The van der Waals surface area contributed by atoms with E-state index in [0.717, 1.165) is 24.2 Å². The van der Waals surface area contributed by atoms with Gasteiger partial charge in [0.05, 0.1) is 12.6 Å². The van der Waals surface area contributed by atoms with Gasteiger partial charge in [0, 0.05) is 12.2 Å². The zero-order chi connectivity index (χ0) is 10.7. The van der Waals surface area contributed by atoms with E-state index >= 15 is 0 Å². The van der Waals surface area contributed by atoms with E-state index in [9.17, 15) is 4.79 Å². The van der Waals surface area contributed by atoms with E-state index in [1.807, 2.05) is 30.3 Å². The second-order valence-corrected chi connectivity index (χ2v) is 3.69. The van der Waals surface area contributed by atoms with Crippen molar-refractivity contribution in [1.29, 1.82) is 0 Å². The van der Waals surface area contributed by atoms with Gasteiger partial charge < -0.3 is 10.2 Å². The molecule has 1 aromatic carbocycles. The third-order valence-electron chi connectivity index (χ3n) is 2.64. The number of piperazine rings is 1. The molecule has 2 rings (SSSR count). The van der Waals surface area contributed by atoms with E-state index in [2.05, 4.69) is 11.9 Å². The number of hydrogen-bond acceptors (Lipinski definition) is 2. The minimum absolute atomic E-state index is 0.120. The Morgan fingerprint density at radius 3 is 2.80 bits per heavy atom. The summed E-state index contributed by atoms with van der Waals surface area (Å²) in [5.41, 5.74) is 2.05. The first-order valence-electron chi connectivity index (χ1n) is 4.99. The van der Waals surface area contributed by atoms with Gasteiger partial charge in [-0.3, -0.25) is 4.79 Å².